The Morgan fingerprint density at radius 2 is 2.19 bits per heavy atom. The fourth-order valence-electron chi connectivity index (χ4n) is 4.73. The molecule has 0 aliphatic heterocycles. The zero-order chi connectivity index (χ0) is 20.3. The van der Waals surface area contributed by atoms with Gasteiger partial charge in [-0.05, 0) is 75.4 Å². The largest absolute Gasteiger partial charge is 0.393 e. The van der Waals surface area contributed by atoms with Crippen molar-refractivity contribution in [2.75, 3.05) is 0 Å². The second kappa shape index (κ2) is 4.96. The lowest BCUT2D eigenvalue weighted by molar-refractivity contribution is 0.00683. The smallest absolute Gasteiger partial charge is 0.0771 e. The molecule has 2 nitrogen and oxygen atoms in total. The maximum Gasteiger partial charge on any atom is 0.0771 e. The highest BCUT2D eigenvalue weighted by atomic mass is 16.3. The second-order valence-corrected chi connectivity index (χ2v) is 7.49. The highest BCUT2D eigenvalue weighted by Gasteiger charge is 2.56. The average Bonchev–Trinajstić information content (AvgIpc) is 3.19. The Morgan fingerprint density at radius 3 is 2.86 bits per heavy atom. The number of aliphatic hydroxyl groups is 2. The van der Waals surface area contributed by atoms with Crippen LogP contribution in [0.4, 0.5) is 0 Å². The van der Waals surface area contributed by atoms with Crippen molar-refractivity contribution in [3.05, 3.63) is 23.8 Å². The minimum Gasteiger partial charge on any atom is -0.393 e. The number of fused-ring (bicyclic) bond motifs is 1. The molecule has 2 N–H and O–H groups in total. The first-order chi connectivity index (χ1) is 12.3. The molecule has 2 saturated carbocycles. The first-order valence-corrected chi connectivity index (χ1v) is 8.06. The summed E-state index contributed by atoms with van der Waals surface area (Å²) in [5, 5.41) is 20.8. The van der Waals surface area contributed by atoms with Crippen molar-refractivity contribution in [1.29, 1.82) is 0 Å². The minimum absolute atomic E-state index is 0.0354. The van der Waals surface area contributed by atoms with E-state index in [0.29, 0.717) is 6.42 Å². The summed E-state index contributed by atoms with van der Waals surface area (Å²) in [6.07, 6.45) is 10.7. The van der Waals surface area contributed by atoms with Crippen molar-refractivity contribution >= 4 is 0 Å². The van der Waals surface area contributed by atoms with E-state index in [0.717, 1.165) is 44.6 Å². The summed E-state index contributed by atoms with van der Waals surface area (Å²) in [4.78, 5) is 0. The lowest BCUT2D eigenvalue weighted by Crippen LogP contribution is -2.40. The van der Waals surface area contributed by atoms with Crippen LogP contribution in [0.15, 0.2) is 23.8 Å². The van der Waals surface area contributed by atoms with E-state index in [1.165, 1.54) is 5.57 Å². The summed E-state index contributed by atoms with van der Waals surface area (Å²) in [6, 6.07) is 0. The van der Waals surface area contributed by atoms with Gasteiger partial charge in [0, 0.05) is 8.22 Å². The molecule has 3 rings (SSSR count). The van der Waals surface area contributed by atoms with Crippen molar-refractivity contribution in [3.63, 3.8) is 0 Å². The first kappa shape index (κ1) is 9.52. The molecule has 118 valence electrons. The molecular formula is C19H30O2. The number of aliphatic hydroxyl groups excluding tert-OH is 1. The Hall–Kier alpha value is -0.600. The van der Waals surface area contributed by atoms with E-state index in [2.05, 4.69) is 13.0 Å². The van der Waals surface area contributed by atoms with Gasteiger partial charge in [0.25, 0.3) is 0 Å². The van der Waals surface area contributed by atoms with Crippen molar-refractivity contribution < 1.29 is 18.4 Å². The van der Waals surface area contributed by atoms with E-state index >= 15 is 0 Å². The van der Waals surface area contributed by atoms with Crippen LogP contribution in [0.5, 0.6) is 0 Å². The number of rotatable bonds is 4. The predicted molar refractivity (Wildman–Crippen MR) is 85.9 cm³/mol. The van der Waals surface area contributed by atoms with E-state index < -0.39 is 19.3 Å². The molecule has 0 bridgehead atoms. The highest BCUT2D eigenvalue weighted by molar-refractivity contribution is 5.35. The van der Waals surface area contributed by atoms with E-state index in [9.17, 15) is 10.2 Å². The third-order valence-electron chi connectivity index (χ3n) is 5.96. The molecule has 0 radical (unpaired) electrons. The molecule has 0 aromatic heterocycles. The summed E-state index contributed by atoms with van der Waals surface area (Å²) in [6.45, 7) is -3.82. The molecule has 0 spiro atoms. The van der Waals surface area contributed by atoms with E-state index in [4.69, 9.17) is 8.22 Å². The lowest BCUT2D eigenvalue weighted by Gasteiger charge is -2.44. The molecule has 3 atom stereocenters. The van der Waals surface area contributed by atoms with Gasteiger partial charge in [-0.25, -0.2) is 0 Å². The van der Waals surface area contributed by atoms with Crippen LogP contribution in [0.2, 0.25) is 0 Å². The summed E-state index contributed by atoms with van der Waals surface area (Å²) < 4.78 is 44.8. The maximum atomic E-state index is 10.4. The standard InChI is InChI=1S/C19H30O2/c1-17(2,21)9-5-11-19(12-13-19)16-8-7-14-15(20)6-4-10-18(14,16)3/h5,8-9,14-15,20-21H,4,6-7,10-13H2,1-3H3/b9-5-/t14-,15-,18+/m0/s1/i1D3,2D3. The van der Waals surface area contributed by atoms with Crippen molar-refractivity contribution in [2.45, 2.75) is 77.3 Å². The minimum atomic E-state index is -3.03. The van der Waals surface area contributed by atoms with Gasteiger partial charge in [0.15, 0.2) is 0 Å². The van der Waals surface area contributed by atoms with Gasteiger partial charge in [0.2, 0.25) is 0 Å². The Bertz CT molecular complexity index is 630. The van der Waals surface area contributed by atoms with Crippen LogP contribution in [0.25, 0.3) is 0 Å². The molecule has 2 fully saturated rings. The van der Waals surface area contributed by atoms with E-state index in [1.807, 2.05) is 0 Å². The fraction of sp³-hybridized carbons (Fsp3) is 0.789. The van der Waals surface area contributed by atoms with Crippen molar-refractivity contribution in [2.24, 2.45) is 16.7 Å². The van der Waals surface area contributed by atoms with Crippen LogP contribution in [0.3, 0.4) is 0 Å². The van der Waals surface area contributed by atoms with Crippen molar-refractivity contribution in [1.82, 2.24) is 0 Å². The van der Waals surface area contributed by atoms with Crippen LogP contribution in [-0.4, -0.2) is 21.9 Å². The van der Waals surface area contributed by atoms with E-state index in [-0.39, 0.29) is 22.9 Å². The maximum absolute atomic E-state index is 10.4. The van der Waals surface area contributed by atoms with Crippen LogP contribution in [0.1, 0.15) is 73.8 Å². The van der Waals surface area contributed by atoms with Gasteiger partial charge in [0.1, 0.15) is 0 Å². The predicted octanol–water partition coefficient (Wildman–Crippen LogP) is 3.98. The monoisotopic (exact) mass is 296 g/mol. The van der Waals surface area contributed by atoms with Crippen LogP contribution in [-0.2, 0) is 0 Å². The molecule has 2 heteroatoms. The molecule has 0 unspecified atom stereocenters. The zero-order valence-corrected chi connectivity index (χ0v) is 12.7. The second-order valence-electron chi connectivity index (χ2n) is 7.49. The molecule has 3 aliphatic carbocycles. The van der Waals surface area contributed by atoms with E-state index in [1.54, 1.807) is 6.08 Å². The van der Waals surface area contributed by atoms with Gasteiger partial charge in [-0.3, -0.25) is 0 Å². The van der Waals surface area contributed by atoms with Gasteiger partial charge < -0.3 is 10.2 Å². The quantitative estimate of drug-likeness (QED) is 0.770. The SMILES string of the molecule is [2H]C([2H])([2H])C(O)(/C=C\CC1(C2=CC[C@H]3[C@@H](O)CCC[C@@]23C)CC1)C([2H])([2H])[2H]. The summed E-state index contributed by atoms with van der Waals surface area (Å²) in [5.41, 5.74) is -1.61. The molecule has 0 amide bonds. The van der Waals surface area contributed by atoms with Crippen LogP contribution >= 0.6 is 0 Å². The van der Waals surface area contributed by atoms with Gasteiger partial charge in [-0.2, -0.15) is 0 Å². The third kappa shape index (κ3) is 2.73. The normalized spacial score (nSPS) is 43.9. The molecule has 0 aromatic rings. The Kier molecular flexibility index (Phi) is 2.25. The molecule has 0 aromatic carbocycles. The topological polar surface area (TPSA) is 40.5 Å². The van der Waals surface area contributed by atoms with Gasteiger partial charge in [0.05, 0.1) is 11.7 Å². The molecule has 0 saturated heterocycles. The Labute approximate surface area is 137 Å². The van der Waals surface area contributed by atoms with Gasteiger partial charge >= 0.3 is 0 Å². The number of hydrogen-bond acceptors (Lipinski definition) is 2. The van der Waals surface area contributed by atoms with Gasteiger partial charge in [-0.1, -0.05) is 30.7 Å². The average molecular weight is 296 g/mol. The summed E-state index contributed by atoms with van der Waals surface area (Å²) in [7, 11) is 0. The first-order valence-electron chi connectivity index (χ1n) is 11.1. The van der Waals surface area contributed by atoms with Gasteiger partial charge in [-0.15, -0.1) is 0 Å². The number of allylic oxidation sites excluding steroid dienone is 3. The lowest BCUT2D eigenvalue weighted by atomic mass is 9.62. The summed E-state index contributed by atoms with van der Waals surface area (Å²) >= 11 is 0. The fourth-order valence-corrected chi connectivity index (χ4v) is 4.73. The van der Waals surface area contributed by atoms with Crippen LogP contribution < -0.4 is 0 Å². The molecular weight excluding hydrogens is 260 g/mol. The zero-order valence-electron chi connectivity index (χ0n) is 18.7. The highest BCUT2D eigenvalue weighted by Crippen LogP contribution is 2.66. The molecule has 3 aliphatic rings. The Morgan fingerprint density at radius 1 is 1.43 bits per heavy atom. The van der Waals surface area contributed by atoms with Crippen molar-refractivity contribution in [3.8, 4) is 0 Å². The summed E-state index contributed by atoms with van der Waals surface area (Å²) in [5.74, 6) is 0.240. The molecule has 21 heavy (non-hydrogen) atoms. The van der Waals surface area contributed by atoms with Crippen LogP contribution in [0, 0.1) is 16.7 Å². The molecule has 0 heterocycles. The number of hydrogen-bond donors (Lipinski definition) is 2. The Balaban J connectivity index is 1.79. The third-order valence-corrected chi connectivity index (χ3v) is 5.96.